The monoisotopic (exact) mass is 311 g/mol. The van der Waals surface area contributed by atoms with Crippen molar-refractivity contribution in [2.24, 2.45) is 0 Å². The predicted molar refractivity (Wildman–Crippen MR) is 78.7 cm³/mol. The molecule has 0 aliphatic heterocycles. The van der Waals surface area contributed by atoms with Crippen LogP contribution in [0.25, 0.3) is 0 Å². The fourth-order valence-corrected chi connectivity index (χ4v) is 2.24. The van der Waals surface area contributed by atoms with Crippen LogP contribution in [0.2, 0.25) is 10.0 Å². The highest BCUT2D eigenvalue weighted by atomic mass is 35.5. The summed E-state index contributed by atoms with van der Waals surface area (Å²) in [6.45, 7) is 0.296. The summed E-state index contributed by atoms with van der Waals surface area (Å²) in [6, 6.07) is 10.8. The lowest BCUT2D eigenvalue weighted by Crippen LogP contribution is -2.26. The molecule has 0 saturated carbocycles. The molecule has 2 aromatic rings. The summed E-state index contributed by atoms with van der Waals surface area (Å²) in [7, 11) is 1.66. The van der Waals surface area contributed by atoms with Crippen LogP contribution in [0.1, 0.15) is 15.9 Å². The first kappa shape index (κ1) is 14.8. The normalized spacial score (nSPS) is 10.4. The Kier molecular flexibility index (Phi) is 4.63. The van der Waals surface area contributed by atoms with Gasteiger partial charge in [-0.05, 0) is 35.9 Å². The SMILES string of the molecule is CN(Cc1ccc(F)cc1Cl)C(=O)c1cccc(Cl)c1. The third kappa shape index (κ3) is 3.50. The van der Waals surface area contributed by atoms with Gasteiger partial charge in [-0.25, -0.2) is 4.39 Å². The molecule has 2 nitrogen and oxygen atoms in total. The summed E-state index contributed by atoms with van der Waals surface area (Å²) in [5.74, 6) is -0.574. The molecule has 0 N–H and O–H groups in total. The number of rotatable bonds is 3. The Morgan fingerprint density at radius 3 is 2.60 bits per heavy atom. The Bertz CT molecular complexity index is 646. The van der Waals surface area contributed by atoms with Crippen molar-refractivity contribution in [1.82, 2.24) is 4.90 Å². The van der Waals surface area contributed by atoms with Crippen molar-refractivity contribution in [2.75, 3.05) is 7.05 Å². The van der Waals surface area contributed by atoms with Crippen LogP contribution in [0, 0.1) is 5.82 Å². The summed E-state index contributed by atoms with van der Waals surface area (Å²) in [4.78, 5) is 13.7. The Morgan fingerprint density at radius 2 is 1.95 bits per heavy atom. The Hall–Kier alpha value is -1.58. The molecule has 0 aromatic heterocycles. The van der Waals surface area contributed by atoms with E-state index in [1.165, 1.54) is 17.0 Å². The zero-order valence-electron chi connectivity index (χ0n) is 10.7. The van der Waals surface area contributed by atoms with Gasteiger partial charge in [-0.2, -0.15) is 0 Å². The zero-order valence-corrected chi connectivity index (χ0v) is 12.2. The van der Waals surface area contributed by atoms with Gasteiger partial charge in [0.05, 0.1) is 0 Å². The van der Waals surface area contributed by atoms with Gasteiger partial charge in [-0.3, -0.25) is 4.79 Å². The first-order valence-electron chi connectivity index (χ1n) is 5.92. The van der Waals surface area contributed by atoms with E-state index in [9.17, 15) is 9.18 Å². The van der Waals surface area contributed by atoms with Crippen LogP contribution in [-0.4, -0.2) is 17.9 Å². The van der Waals surface area contributed by atoms with Crippen molar-refractivity contribution in [3.05, 3.63) is 69.5 Å². The number of carbonyl (C=O) groups excluding carboxylic acids is 1. The first-order valence-corrected chi connectivity index (χ1v) is 6.68. The van der Waals surface area contributed by atoms with Gasteiger partial charge in [0.25, 0.3) is 5.91 Å². The lowest BCUT2D eigenvalue weighted by atomic mass is 10.1. The van der Waals surface area contributed by atoms with Crippen molar-refractivity contribution in [1.29, 1.82) is 0 Å². The molecule has 20 heavy (non-hydrogen) atoms. The summed E-state index contributed by atoms with van der Waals surface area (Å²) in [5, 5.41) is 0.805. The summed E-state index contributed by atoms with van der Waals surface area (Å²) in [6.07, 6.45) is 0. The number of hydrogen-bond acceptors (Lipinski definition) is 1. The molecule has 5 heteroatoms. The van der Waals surface area contributed by atoms with E-state index in [1.807, 2.05) is 0 Å². The minimum atomic E-state index is -0.400. The number of amides is 1. The van der Waals surface area contributed by atoms with E-state index in [4.69, 9.17) is 23.2 Å². The van der Waals surface area contributed by atoms with E-state index in [0.29, 0.717) is 27.7 Å². The third-order valence-electron chi connectivity index (χ3n) is 2.84. The molecular weight excluding hydrogens is 300 g/mol. The maximum atomic E-state index is 13.0. The van der Waals surface area contributed by atoms with Gasteiger partial charge in [0.2, 0.25) is 0 Å². The second kappa shape index (κ2) is 6.25. The minimum Gasteiger partial charge on any atom is -0.337 e. The number of nitrogens with zero attached hydrogens (tertiary/aromatic N) is 1. The van der Waals surface area contributed by atoms with Crippen molar-refractivity contribution in [3.8, 4) is 0 Å². The molecule has 0 saturated heterocycles. The van der Waals surface area contributed by atoms with Crippen molar-refractivity contribution >= 4 is 29.1 Å². The predicted octanol–water partition coefficient (Wildman–Crippen LogP) is 4.40. The van der Waals surface area contributed by atoms with Gasteiger partial charge in [-0.1, -0.05) is 35.3 Å². The minimum absolute atomic E-state index is 0.173. The van der Waals surface area contributed by atoms with Crippen molar-refractivity contribution in [3.63, 3.8) is 0 Å². The van der Waals surface area contributed by atoms with E-state index in [2.05, 4.69) is 0 Å². The summed E-state index contributed by atoms with van der Waals surface area (Å²) < 4.78 is 13.0. The lowest BCUT2D eigenvalue weighted by molar-refractivity contribution is 0.0785. The molecule has 0 spiro atoms. The zero-order chi connectivity index (χ0) is 14.7. The standard InChI is InChI=1S/C15H12Cl2FNO/c1-19(9-11-5-6-13(18)8-14(11)17)15(20)10-3-2-4-12(16)7-10/h2-8H,9H2,1H3. The Morgan fingerprint density at radius 1 is 1.20 bits per heavy atom. The summed E-state index contributed by atoms with van der Waals surface area (Å²) in [5.41, 5.74) is 1.18. The molecular formula is C15H12Cl2FNO. The molecule has 0 aliphatic rings. The van der Waals surface area contributed by atoms with Gasteiger partial charge in [0, 0.05) is 29.2 Å². The van der Waals surface area contributed by atoms with Crippen molar-refractivity contribution < 1.29 is 9.18 Å². The first-order chi connectivity index (χ1) is 9.47. The number of benzene rings is 2. The Balaban J connectivity index is 2.15. The Labute approximate surface area is 126 Å². The van der Waals surface area contributed by atoms with Gasteiger partial charge in [0.1, 0.15) is 5.82 Å². The van der Waals surface area contributed by atoms with Crippen molar-refractivity contribution in [2.45, 2.75) is 6.54 Å². The molecule has 0 radical (unpaired) electrons. The quantitative estimate of drug-likeness (QED) is 0.822. The largest absolute Gasteiger partial charge is 0.337 e. The fourth-order valence-electron chi connectivity index (χ4n) is 1.82. The van der Waals surface area contributed by atoms with Gasteiger partial charge in [-0.15, -0.1) is 0 Å². The average molecular weight is 312 g/mol. The molecule has 2 rings (SSSR count). The molecule has 0 fully saturated rings. The third-order valence-corrected chi connectivity index (χ3v) is 3.43. The average Bonchev–Trinajstić information content (AvgIpc) is 2.41. The van der Waals surface area contributed by atoms with Crippen LogP contribution >= 0.6 is 23.2 Å². The highest BCUT2D eigenvalue weighted by molar-refractivity contribution is 6.31. The molecule has 0 heterocycles. The summed E-state index contributed by atoms with van der Waals surface area (Å²) >= 11 is 11.8. The molecule has 0 atom stereocenters. The smallest absolute Gasteiger partial charge is 0.253 e. The molecule has 2 aromatic carbocycles. The van der Waals surface area contributed by atoms with Crippen LogP contribution in [0.3, 0.4) is 0 Å². The van der Waals surface area contributed by atoms with Crippen LogP contribution in [0.15, 0.2) is 42.5 Å². The molecule has 1 amide bonds. The van der Waals surface area contributed by atoms with Crippen LogP contribution in [0.5, 0.6) is 0 Å². The highest BCUT2D eigenvalue weighted by Gasteiger charge is 2.14. The van der Waals surface area contributed by atoms with Crippen LogP contribution in [0.4, 0.5) is 4.39 Å². The fraction of sp³-hybridized carbons (Fsp3) is 0.133. The van der Waals surface area contributed by atoms with E-state index in [-0.39, 0.29) is 5.91 Å². The topological polar surface area (TPSA) is 20.3 Å². The second-order valence-electron chi connectivity index (χ2n) is 4.41. The van der Waals surface area contributed by atoms with E-state index in [1.54, 1.807) is 37.4 Å². The highest BCUT2D eigenvalue weighted by Crippen LogP contribution is 2.20. The molecule has 0 unspecified atom stereocenters. The molecule has 0 aliphatic carbocycles. The molecule has 104 valence electrons. The number of halogens is 3. The van der Waals surface area contributed by atoms with E-state index >= 15 is 0 Å². The second-order valence-corrected chi connectivity index (χ2v) is 5.25. The van der Waals surface area contributed by atoms with Gasteiger partial charge in [0.15, 0.2) is 0 Å². The molecule has 0 bridgehead atoms. The lowest BCUT2D eigenvalue weighted by Gasteiger charge is -2.18. The van der Waals surface area contributed by atoms with E-state index in [0.717, 1.165) is 0 Å². The maximum absolute atomic E-state index is 13.0. The van der Waals surface area contributed by atoms with E-state index < -0.39 is 5.82 Å². The van der Waals surface area contributed by atoms with Crippen LogP contribution < -0.4 is 0 Å². The maximum Gasteiger partial charge on any atom is 0.253 e. The van der Waals surface area contributed by atoms with Gasteiger partial charge >= 0.3 is 0 Å². The van der Waals surface area contributed by atoms with Gasteiger partial charge < -0.3 is 4.90 Å². The number of hydrogen-bond donors (Lipinski definition) is 0. The van der Waals surface area contributed by atoms with Crippen LogP contribution in [-0.2, 0) is 6.54 Å². The number of carbonyl (C=O) groups is 1.